The van der Waals surface area contributed by atoms with Crippen molar-refractivity contribution in [2.75, 3.05) is 19.2 Å². The fourth-order valence-corrected chi connectivity index (χ4v) is 1.25. The van der Waals surface area contributed by atoms with Crippen LogP contribution in [-0.4, -0.2) is 50.3 Å². The number of hydrogen-bond acceptors (Lipinski definition) is 5. The molecule has 0 aromatic carbocycles. The summed E-state index contributed by atoms with van der Waals surface area (Å²) in [5.41, 5.74) is -1.26. The van der Waals surface area contributed by atoms with Crippen LogP contribution < -0.4 is 0 Å². The molecule has 1 aliphatic heterocycles. The lowest BCUT2D eigenvalue weighted by atomic mass is 10.1. The number of piperidine rings is 1. The van der Waals surface area contributed by atoms with Gasteiger partial charge in [-0.1, -0.05) is 0 Å². The summed E-state index contributed by atoms with van der Waals surface area (Å²) < 4.78 is 103. The van der Waals surface area contributed by atoms with Crippen molar-refractivity contribution in [3.05, 3.63) is 0 Å². The molecule has 0 aromatic rings. The van der Waals surface area contributed by atoms with E-state index >= 15 is 0 Å². The molecule has 106 valence electrons. The molecule has 7 heteroatoms. The van der Waals surface area contributed by atoms with Crippen LogP contribution in [0.2, 0.25) is 0 Å². The number of rotatable bonds is 2. The van der Waals surface area contributed by atoms with Crippen LogP contribution in [0.3, 0.4) is 0 Å². The highest BCUT2D eigenvalue weighted by atomic mass is 32.2. The molecule has 0 spiro atoms. The molecule has 0 N–H and O–H groups in total. The summed E-state index contributed by atoms with van der Waals surface area (Å²) in [7, 11) is -4.73. The van der Waals surface area contributed by atoms with Gasteiger partial charge in [0, 0.05) is 24.0 Å². The van der Waals surface area contributed by atoms with E-state index in [0.29, 0.717) is 6.26 Å². The fraction of sp³-hybridized carbons (Fsp3) is 0.909. The maximum absolute atomic E-state index is 12.4. The Morgan fingerprint density at radius 1 is 1.39 bits per heavy atom. The zero-order valence-corrected chi connectivity index (χ0v) is 11.2. The molecule has 0 saturated carbocycles. The van der Waals surface area contributed by atoms with E-state index < -0.39 is 58.5 Å². The summed E-state index contributed by atoms with van der Waals surface area (Å²) in [5, 5.41) is 0. The number of ether oxygens (including phenoxy) is 1. The van der Waals surface area contributed by atoms with Crippen molar-refractivity contribution in [2.24, 2.45) is 0 Å². The molecule has 1 saturated heterocycles. The van der Waals surface area contributed by atoms with Gasteiger partial charge in [-0.3, -0.25) is 4.18 Å². The maximum atomic E-state index is 12.4. The highest BCUT2D eigenvalue weighted by Crippen LogP contribution is 2.18. The second-order valence-corrected chi connectivity index (χ2v) is 5.98. The Kier molecular flexibility index (Phi) is 1.98. The highest BCUT2D eigenvalue weighted by Gasteiger charge is 2.28. The van der Waals surface area contributed by atoms with Crippen LogP contribution in [-0.2, 0) is 19.0 Å². The number of amides is 1. The van der Waals surface area contributed by atoms with E-state index in [4.69, 9.17) is 17.1 Å². The van der Waals surface area contributed by atoms with E-state index in [-0.39, 0.29) is 0 Å². The molecular weight excluding hydrogens is 258 g/mol. The number of carbonyl (C=O) groups is 1. The van der Waals surface area contributed by atoms with Gasteiger partial charge in [0.1, 0.15) is 5.60 Å². The summed E-state index contributed by atoms with van der Waals surface area (Å²) in [6.45, 7) is -3.35. The zero-order valence-electron chi connectivity index (χ0n) is 19.4. The predicted octanol–water partition coefficient (Wildman–Crippen LogP) is 1.36. The van der Waals surface area contributed by atoms with Crippen LogP contribution in [0.5, 0.6) is 0 Å². The van der Waals surface area contributed by atoms with Crippen molar-refractivity contribution >= 4 is 16.2 Å². The minimum Gasteiger partial charge on any atom is -0.444 e. The maximum Gasteiger partial charge on any atom is 0.410 e. The highest BCUT2D eigenvalue weighted by molar-refractivity contribution is 7.86. The molecule has 1 amide bonds. The van der Waals surface area contributed by atoms with Gasteiger partial charge < -0.3 is 9.64 Å². The van der Waals surface area contributed by atoms with Crippen molar-refractivity contribution < 1.29 is 34.5 Å². The van der Waals surface area contributed by atoms with Crippen molar-refractivity contribution in [2.45, 2.75) is 45.2 Å². The molecule has 1 fully saturated rings. The standard InChI is InChI=1S/C11H21NO5S/c1-11(2,3)16-10(13)12-7-5-9(6-8-12)17-18(4,14)15/h9H,5-8H2,1-4H3/i5D2,6D2,7D2,8D2,9D. The van der Waals surface area contributed by atoms with Gasteiger partial charge in [-0.15, -0.1) is 0 Å². The normalized spacial score (nSPS) is 39.1. The van der Waals surface area contributed by atoms with Crippen LogP contribution in [0.15, 0.2) is 0 Å². The summed E-state index contributed by atoms with van der Waals surface area (Å²) >= 11 is 0. The van der Waals surface area contributed by atoms with Gasteiger partial charge in [0.05, 0.1) is 13.7 Å². The molecular formula is C11H21NO5S. The molecule has 18 heavy (non-hydrogen) atoms. The molecule has 1 rings (SSSR count). The predicted molar refractivity (Wildman–Crippen MR) is 66.8 cm³/mol. The Labute approximate surface area is 121 Å². The Morgan fingerprint density at radius 3 is 2.28 bits per heavy atom. The van der Waals surface area contributed by atoms with E-state index in [1.165, 1.54) is 20.8 Å². The first-order chi connectivity index (χ1) is 11.5. The van der Waals surface area contributed by atoms with Crippen molar-refractivity contribution in [1.82, 2.24) is 4.90 Å². The average Bonchev–Trinajstić information content (AvgIpc) is 2.31. The molecule has 0 bridgehead atoms. The monoisotopic (exact) mass is 288 g/mol. The Morgan fingerprint density at radius 2 is 1.89 bits per heavy atom. The second kappa shape index (κ2) is 5.44. The van der Waals surface area contributed by atoms with Crippen molar-refractivity contribution in [3.8, 4) is 0 Å². The SMILES string of the molecule is [2H]C1([2H])N(C(=O)OC(C)(C)C)C([2H])([2H])C([2H])([2H])C([2H])(OS(C)(=O)=O)C1([2H])[2H]. The van der Waals surface area contributed by atoms with Gasteiger partial charge in [0.15, 0.2) is 0 Å². The van der Waals surface area contributed by atoms with Crippen LogP contribution in [0.25, 0.3) is 0 Å². The van der Waals surface area contributed by atoms with Gasteiger partial charge in [-0.25, -0.2) is 4.79 Å². The van der Waals surface area contributed by atoms with E-state index in [9.17, 15) is 13.2 Å². The van der Waals surface area contributed by atoms with E-state index in [0.717, 1.165) is 0 Å². The third kappa shape index (κ3) is 5.68. The minimum absolute atomic E-state index is 0.376. The summed E-state index contributed by atoms with van der Waals surface area (Å²) in [6.07, 6.45) is -12.9. The van der Waals surface area contributed by atoms with E-state index in [1.807, 2.05) is 0 Å². The molecule has 0 radical (unpaired) electrons. The topological polar surface area (TPSA) is 72.9 Å². The lowest BCUT2D eigenvalue weighted by Crippen LogP contribution is -2.43. The van der Waals surface area contributed by atoms with Gasteiger partial charge in [0.2, 0.25) is 0 Å². The van der Waals surface area contributed by atoms with Gasteiger partial charge in [0.25, 0.3) is 10.1 Å². The first-order valence-corrected chi connectivity index (χ1v) is 6.71. The summed E-state index contributed by atoms with van der Waals surface area (Å²) in [5.74, 6) is 0. The van der Waals surface area contributed by atoms with Crippen LogP contribution in [0.1, 0.15) is 45.9 Å². The van der Waals surface area contributed by atoms with Crippen LogP contribution in [0, 0.1) is 0 Å². The second-order valence-electron chi connectivity index (χ2n) is 4.41. The Bertz CT molecular complexity index is 703. The molecule has 0 aliphatic carbocycles. The van der Waals surface area contributed by atoms with Crippen LogP contribution >= 0.6 is 0 Å². The van der Waals surface area contributed by atoms with Gasteiger partial charge >= 0.3 is 6.09 Å². The third-order valence-corrected chi connectivity index (χ3v) is 1.84. The molecule has 1 aliphatic rings. The quantitative estimate of drug-likeness (QED) is 0.717. The summed E-state index contributed by atoms with van der Waals surface area (Å²) in [6, 6.07) is 0. The van der Waals surface area contributed by atoms with Crippen LogP contribution in [0.4, 0.5) is 4.79 Å². The minimum atomic E-state index is -4.73. The van der Waals surface area contributed by atoms with Crippen molar-refractivity contribution in [3.63, 3.8) is 0 Å². The lowest BCUT2D eigenvalue weighted by molar-refractivity contribution is 0.0134. The zero-order chi connectivity index (χ0) is 22.1. The average molecular weight is 288 g/mol. The largest absolute Gasteiger partial charge is 0.444 e. The Hall–Kier alpha value is -0.820. The number of nitrogens with zero attached hydrogens (tertiary/aromatic N) is 1. The number of carbonyl (C=O) groups excluding carboxylic acids is 1. The lowest BCUT2D eigenvalue weighted by Gasteiger charge is -2.32. The number of likely N-dealkylation sites (tertiary alicyclic amines) is 1. The first-order valence-electron chi connectivity index (χ1n) is 9.40. The van der Waals surface area contributed by atoms with Gasteiger partial charge in [-0.2, -0.15) is 8.42 Å². The Balaban J connectivity index is 3.77. The third-order valence-electron chi connectivity index (χ3n) is 1.37. The molecule has 0 atom stereocenters. The number of hydrogen-bond donors (Lipinski definition) is 0. The molecule has 0 aromatic heterocycles. The molecule has 6 nitrogen and oxygen atoms in total. The van der Waals surface area contributed by atoms with Crippen molar-refractivity contribution in [1.29, 1.82) is 0 Å². The molecule has 1 heterocycles. The smallest absolute Gasteiger partial charge is 0.410 e. The fourth-order valence-electron chi connectivity index (χ4n) is 0.864. The summed E-state index contributed by atoms with van der Waals surface area (Å²) in [4.78, 5) is 11.9. The van der Waals surface area contributed by atoms with Gasteiger partial charge in [-0.05, 0) is 33.5 Å². The first kappa shape index (κ1) is 6.56. The molecule has 0 unspecified atom stereocenters. The van der Waals surface area contributed by atoms with E-state index in [1.54, 1.807) is 0 Å². The van der Waals surface area contributed by atoms with E-state index in [2.05, 4.69) is 4.18 Å².